The molecule has 1 aliphatic carbocycles. The van der Waals surface area contributed by atoms with Gasteiger partial charge in [0.25, 0.3) is 0 Å². The van der Waals surface area contributed by atoms with Gasteiger partial charge in [0.1, 0.15) is 39.3 Å². The number of amides is 1. The van der Waals surface area contributed by atoms with E-state index >= 15 is 0 Å². The lowest BCUT2D eigenvalue weighted by molar-refractivity contribution is -0.121. The van der Waals surface area contributed by atoms with Gasteiger partial charge in [-0.05, 0) is 76.6 Å². The summed E-state index contributed by atoms with van der Waals surface area (Å²) < 4.78 is 14.5. The number of nitrogens with zero attached hydrogens (tertiary/aromatic N) is 3. The number of hydrogen-bond donors (Lipinski definition) is 1. The number of carbonyl (C=O) groups is 2. The first-order valence-electron chi connectivity index (χ1n) is 17.2. The molecule has 1 unspecified atom stereocenters. The number of halogens is 1. The number of thiocarbonyl (C=S) groups is 1. The van der Waals surface area contributed by atoms with Gasteiger partial charge in [-0.1, -0.05) is 49.1 Å². The van der Waals surface area contributed by atoms with Crippen LogP contribution in [0.4, 0.5) is 5.69 Å². The third kappa shape index (κ3) is 10.5. The zero-order chi connectivity index (χ0) is 36.3. The first-order chi connectivity index (χ1) is 24.1. The van der Waals surface area contributed by atoms with Gasteiger partial charge in [-0.2, -0.15) is 5.26 Å². The predicted octanol–water partition coefficient (Wildman–Crippen LogP) is 8.39. The first kappa shape index (κ1) is 41.9. The number of thioether (sulfide) groups is 2. The summed E-state index contributed by atoms with van der Waals surface area (Å²) in [5, 5.41) is 14.5. The highest BCUT2D eigenvalue weighted by Gasteiger charge is 2.28. The van der Waals surface area contributed by atoms with E-state index in [0.29, 0.717) is 15.5 Å². The van der Waals surface area contributed by atoms with Crippen molar-refractivity contribution < 1.29 is 18.7 Å². The summed E-state index contributed by atoms with van der Waals surface area (Å²) in [6.45, 7) is 16.0. The van der Waals surface area contributed by atoms with Crippen molar-refractivity contribution in [3.05, 3.63) is 71.6 Å². The van der Waals surface area contributed by atoms with Crippen LogP contribution in [0.25, 0.3) is 33.4 Å². The van der Waals surface area contributed by atoms with Gasteiger partial charge in [0.15, 0.2) is 0 Å². The summed E-state index contributed by atoms with van der Waals surface area (Å²) in [4.78, 5) is 28.5. The summed E-state index contributed by atoms with van der Waals surface area (Å²) >= 11 is 8.19. The Morgan fingerprint density at radius 2 is 1.75 bits per heavy atom. The molecule has 0 saturated heterocycles. The number of carbonyl (C=O) groups excluding carboxylic acids is 2. The number of benzene rings is 3. The Morgan fingerprint density at radius 1 is 1.02 bits per heavy atom. The SMILES string of the molecule is CCSC(=S)SC(C)(C#N)CCC(=O)NCCOC(=O)c1ccccc1-c1c2ccc(=[N+](CC)CC)cc-2oc2cc(N(CC)CC)ccc12.Cl. The normalized spacial score (nSPS) is 12.0. The van der Waals surface area contributed by atoms with Gasteiger partial charge >= 0.3 is 5.97 Å². The molecule has 1 heterocycles. The molecule has 0 saturated carbocycles. The van der Waals surface area contributed by atoms with Crippen LogP contribution in [0.3, 0.4) is 0 Å². The average molecular weight is 768 g/mol. The van der Waals surface area contributed by atoms with Crippen molar-refractivity contribution in [2.24, 2.45) is 0 Å². The van der Waals surface area contributed by atoms with Crippen molar-refractivity contribution in [2.45, 2.75) is 59.1 Å². The molecule has 2 aromatic carbocycles. The maximum absolute atomic E-state index is 13.6. The highest BCUT2D eigenvalue weighted by Crippen LogP contribution is 2.42. The molecule has 1 aliphatic heterocycles. The number of fused-ring (bicyclic) bond motifs is 2. The molecule has 2 aromatic rings. The number of rotatable bonds is 15. The van der Waals surface area contributed by atoms with E-state index in [4.69, 9.17) is 21.4 Å². The van der Waals surface area contributed by atoms with Crippen LogP contribution in [0.1, 0.15) is 64.7 Å². The molecular weight excluding hydrogens is 720 g/mol. The minimum absolute atomic E-state index is 0. The smallest absolute Gasteiger partial charge is 0.338 e. The van der Waals surface area contributed by atoms with Crippen LogP contribution < -0.4 is 20.1 Å². The van der Waals surface area contributed by atoms with E-state index in [1.54, 1.807) is 13.0 Å². The fourth-order valence-electron chi connectivity index (χ4n) is 5.92. The maximum atomic E-state index is 13.6. The molecule has 0 bridgehead atoms. The fraction of sp³-hybridized carbons (Fsp3) is 0.410. The fourth-order valence-corrected chi connectivity index (χ4v) is 8.82. The molecule has 51 heavy (non-hydrogen) atoms. The summed E-state index contributed by atoms with van der Waals surface area (Å²) in [6.07, 6.45) is 0.522. The van der Waals surface area contributed by atoms with E-state index in [1.165, 1.54) is 23.5 Å². The van der Waals surface area contributed by atoms with Crippen molar-refractivity contribution >= 4 is 80.2 Å². The van der Waals surface area contributed by atoms with Crippen molar-refractivity contribution in [1.29, 1.82) is 5.26 Å². The number of hydrogen-bond acceptors (Lipinski definition) is 9. The number of ether oxygens (including phenoxy) is 1. The zero-order valence-electron chi connectivity index (χ0n) is 30.2. The zero-order valence-corrected chi connectivity index (χ0v) is 33.5. The number of nitrogens with one attached hydrogen (secondary N) is 1. The lowest BCUT2D eigenvalue weighted by Gasteiger charge is -2.22. The molecule has 8 nitrogen and oxygen atoms in total. The maximum Gasteiger partial charge on any atom is 0.338 e. The third-order valence-electron chi connectivity index (χ3n) is 8.66. The molecule has 1 atom stereocenters. The topological polar surface area (TPSA) is 98.6 Å². The van der Waals surface area contributed by atoms with Crippen LogP contribution in [-0.2, 0) is 9.53 Å². The molecule has 272 valence electrons. The Bertz CT molecular complexity index is 1910. The summed E-state index contributed by atoms with van der Waals surface area (Å²) in [5.41, 5.74) is 4.77. The van der Waals surface area contributed by atoms with Crippen molar-refractivity contribution in [2.75, 3.05) is 50.0 Å². The molecule has 0 fully saturated rings. The highest BCUT2D eigenvalue weighted by molar-refractivity contribution is 8.47. The van der Waals surface area contributed by atoms with E-state index in [2.05, 4.69) is 85.0 Å². The van der Waals surface area contributed by atoms with E-state index < -0.39 is 10.7 Å². The Kier molecular flexibility index (Phi) is 16.3. The third-order valence-corrected chi connectivity index (χ3v) is 11.3. The second kappa shape index (κ2) is 19.9. The molecule has 0 aromatic heterocycles. The van der Waals surface area contributed by atoms with Crippen molar-refractivity contribution in [3.63, 3.8) is 0 Å². The van der Waals surface area contributed by atoms with Gasteiger partial charge in [-0.3, -0.25) is 4.79 Å². The summed E-state index contributed by atoms with van der Waals surface area (Å²) in [6, 6.07) is 22.3. The molecule has 4 rings (SSSR count). The summed E-state index contributed by atoms with van der Waals surface area (Å²) in [5.74, 6) is 0.876. The lowest BCUT2D eigenvalue weighted by Crippen LogP contribution is -2.30. The van der Waals surface area contributed by atoms with Crippen LogP contribution in [0.5, 0.6) is 0 Å². The molecule has 12 heteroatoms. The Labute approximate surface area is 321 Å². The molecule has 0 spiro atoms. The van der Waals surface area contributed by atoms with E-state index in [9.17, 15) is 14.9 Å². The van der Waals surface area contributed by atoms with Gasteiger partial charge in [0.05, 0.1) is 24.2 Å². The molecular formula is C39H48ClN4O4S3+. The second-order valence-corrected chi connectivity index (χ2v) is 15.8. The van der Waals surface area contributed by atoms with Gasteiger partial charge in [-0.25, -0.2) is 9.37 Å². The largest absolute Gasteiger partial charge is 0.460 e. The van der Waals surface area contributed by atoms with Crippen LogP contribution >= 0.6 is 48.1 Å². The van der Waals surface area contributed by atoms with Gasteiger partial charge in [-0.15, -0.1) is 24.2 Å². The van der Waals surface area contributed by atoms with Crippen LogP contribution in [0.15, 0.2) is 65.1 Å². The lowest BCUT2D eigenvalue weighted by atomic mass is 9.90. The average Bonchev–Trinajstić information content (AvgIpc) is 3.12. The molecule has 1 amide bonds. The van der Waals surface area contributed by atoms with Gasteiger partial charge in [0.2, 0.25) is 11.3 Å². The van der Waals surface area contributed by atoms with Crippen LogP contribution in [0.2, 0.25) is 0 Å². The monoisotopic (exact) mass is 767 g/mol. The van der Waals surface area contributed by atoms with E-state index in [-0.39, 0.29) is 37.9 Å². The predicted molar refractivity (Wildman–Crippen MR) is 220 cm³/mol. The molecule has 2 aliphatic rings. The van der Waals surface area contributed by atoms with Crippen molar-refractivity contribution in [3.8, 4) is 28.5 Å². The molecule has 1 N–H and O–H groups in total. The summed E-state index contributed by atoms with van der Waals surface area (Å²) in [7, 11) is 0. The minimum atomic E-state index is -0.786. The number of nitriles is 1. The number of anilines is 1. The quantitative estimate of drug-likeness (QED) is 0.0421. The van der Waals surface area contributed by atoms with E-state index in [0.717, 1.165) is 76.4 Å². The van der Waals surface area contributed by atoms with Crippen molar-refractivity contribution in [1.82, 2.24) is 9.89 Å². The Hall–Kier alpha value is -3.56. The highest BCUT2D eigenvalue weighted by atomic mass is 35.5. The first-order valence-corrected chi connectivity index (χ1v) is 19.5. The van der Waals surface area contributed by atoms with Gasteiger partial charge in [0, 0.05) is 53.8 Å². The number of esters is 1. The standard InChI is InChI=1S/C39H46N4O4S3.ClH/c1-7-42(8-2)27-16-18-31-33(24-27)47-34-25-28(43(9-3)10-4)17-19-32(34)36(31)29-14-12-13-15-30(29)37(45)46-23-22-41-35(44)20-21-39(6,26-40)50-38(48)49-11-5;/h12-19,24-25H,7-11,20-23H2,1-6H3;1H/p+1. The van der Waals surface area contributed by atoms with Gasteiger partial charge < -0.3 is 19.4 Å². The van der Waals surface area contributed by atoms with Crippen LogP contribution in [-0.4, -0.2) is 65.2 Å². The Morgan fingerprint density at radius 3 is 2.41 bits per heavy atom. The van der Waals surface area contributed by atoms with Crippen LogP contribution in [0, 0.1) is 11.3 Å². The Balaban J connectivity index is 0.00000702. The second-order valence-electron chi connectivity index (χ2n) is 11.8. The molecule has 0 radical (unpaired) electrons. The minimum Gasteiger partial charge on any atom is -0.460 e. The van der Waals surface area contributed by atoms with E-state index in [1.807, 2.05) is 25.1 Å².